The maximum Gasteiger partial charge on any atom is 0.304 e. The van der Waals surface area contributed by atoms with E-state index >= 15 is 0 Å². The largest absolute Gasteiger partial charge is 0.481 e. The van der Waals surface area contributed by atoms with Gasteiger partial charge in [0.15, 0.2) is 0 Å². The lowest BCUT2D eigenvalue weighted by Crippen LogP contribution is -2.04. The van der Waals surface area contributed by atoms with E-state index in [1.807, 2.05) is 19.1 Å². The molecule has 0 aliphatic heterocycles. The molecular formula is C10H12O3S. The maximum absolute atomic E-state index is 11.5. The zero-order chi connectivity index (χ0) is 10.6. The first-order chi connectivity index (χ1) is 6.59. The Labute approximate surface area is 85.2 Å². The highest BCUT2D eigenvalue weighted by molar-refractivity contribution is 7.85. The van der Waals surface area contributed by atoms with Crippen molar-refractivity contribution in [1.82, 2.24) is 0 Å². The predicted molar refractivity (Wildman–Crippen MR) is 54.7 cm³/mol. The van der Waals surface area contributed by atoms with Crippen molar-refractivity contribution in [2.45, 2.75) is 18.2 Å². The van der Waals surface area contributed by atoms with Crippen molar-refractivity contribution >= 4 is 16.8 Å². The molecule has 76 valence electrons. The van der Waals surface area contributed by atoms with Crippen molar-refractivity contribution in [3.63, 3.8) is 0 Å². The Kier molecular flexibility index (Phi) is 3.83. The fourth-order valence-electron chi connectivity index (χ4n) is 0.988. The van der Waals surface area contributed by atoms with E-state index in [-0.39, 0.29) is 12.2 Å². The molecule has 14 heavy (non-hydrogen) atoms. The number of aliphatic carboxylic acids is 1. The van der Waals surface area contributed by atoms with Gasteiger partial charge < -0.3 is 5.11 Å². The van der Waals surface area contributed by atoms with E-state index in [2.05, 4.69) is 0 Å². The van der Waals surface area contributed by atoms with E-state index < -0.39 is 16.8 Å². The molecule has 0 saturated carbocycles. The molecule has 1 rings (SSSR count). The van der Waals surface area contributed by atoms with Gasteiger partial charge in [-0.15, -0.1) is 0 Å². The maximum atomic E-state index is 11.5. The van der Waals surface area contributed by atoms with Crippen LogP contribution in [0, 0.1) is 6.92 Å². The Hall–Kier alpha value is -1.16. The van der Waals surface area contributed by atoms with Crippen LogP contribution in [0.3, 0.4) is 0 Å². The molecule has 1 aromatic rings. The molecule has 1 N–H and O–H groups in total. The van der Waals surface area contributed by atoms with Gasteiger partial charge in [-0.3, -0.25) is 9.00 Å². The van der Waals surface area contributed by atoms with Crippen LogP contribution < -0.4 is 0 Å². The van der Waals surface area contributed by atoms with Crippen molar-refractivity contribution in [3.05, 3.63) is 29.8 Å². The predicted octanol–water partition coefficient (Wildman–Crippen LogP) is 1.58. The smallest absolute Gasteiger partial charge is 0.304 e. The van der Waals surface area contributed by atoms with Crippen molar-refractivity contribution in [3.8, 4) is 0 Å². The Balaban J connectivity index is 2.61. The first-order valence-electron chi connectivity index (χ1n) is 4.26. The standard InChI is InChI=1S/C10H12O3S/c1-8-2-4-9(5-3-8)14(13)7-6-10(11)12/h2-5H,6-7H2,1H3,(H,11,12)/t14-/m1/s1. The van der Waals surface area contributed by atoms with E-state index in [4.69, 9.17) is 5.11 Å². The van der Waals surface area contributed by atoms with Crippen LogP contribution in [-0.4, -0.2) is 21.0 Å². The summed E-state index contributed by atoms with van der Waals surface area (Å²) in [6, 6.07) is 7.28. The highest BCUT2D eigenvalue weighted by Gasteiger charge is 2.05. The molecule has 0 heterocycles. The van der Waals surface area contributed by atoms with E-state index in [0.29, 0.717) is 4.90 Å². The lowest BCUT2D eigenvalue weighted by Gasteiger charge is -2.00. The minimum absolute atomic E-state index is 0.0551. The van der Waals surface area contributed by atoms with Crippen LogP contribution in [-0.2, 0) is 15.6 Å². The summed E-state index contributed by atoms with van der Waals surface area (Å²) in [5, 5.41) is 8.42. The lowest BCUT2D eigenvalue weighted by molar-refractivity contribution is -0.136. The summed E-state index contributed by atoms with van der Waals surface area (Å²) < 4.78 is 11.5. The summed E-state index contributed by atoms with van der Waals surface area (Å²) in [6.45, 7) is 1.95. The second kappa shape index (κ2) is 4.91. The highest BCUT2D eigenvalue weighted by Crippen LogP contribution is 2.08. The summed E-state index contributed by atoms with van der Waals surface area (Å²) in [6.07, 6.45) is -0.0551. The molecule has 0 spiro atoms. The van der Waals surface area contributed by atoms with Crippen molar-refractivity contribution in [2.75, 3.05) is 5.75 Å². The number of rotatable bonds is 4. The van der Waals surface area contributed by atoms with Crippen LogP contribution in [0.15, 0.2) is 29.2 Å². The van der Waals surface area contributed by atoms with Gasteiger partial charge in [-0.25, -0.2) is 0 Å². The summed E-state index contributed by atoms with van der Waals surface area (Å²) in [5.74, 6) is -0.733. The third-order valence-electron chi connectivity index (χ3n) is 1.79. The Morgan fingerprint density at radius 3 is 2.43 bits per heavy atom. The Morgan fingerprint density at radius 2 is 1.93 bits per heavy atom. The minimum Gasteiger partial charge on any atom is -0.481 e. The Morgan fingerprint density at radius 1 is 1.36 bits per heavy atom. The van der Waals surface area contributed by atoms with E-state index in [0.717, 1.165) is 5.56 Å². The van der Waals surface area contributed by atoms with Gasteiger partial charge in [-0.05, 0) is 19.1 Å². The topological polar surface area (TPSA) is 54.4 Å². The fraction of sp³-hybridized carbons (Fsp3) is 0.300. The molecule has 0 aliphatic rings. The quantitative estimate of drug-likeness (QED) is 0.824. The normalized spacial score (nSPS) is 12.4. The van der Waals surface area contributed by atoms with E-state index in [1.165, 1.54) is 0 Å². The van der Waals surface area contributed by atoms with Gasteiger partial charge in [0.1, 0.15) is 0 Å². The van der Waals surface area contributed by atoms with Crippen molar-refractivity contribution in [1.29, 1.82) is 0 Å². The van der Waals surface area contributed by atoms with E-state index in [1.54, 1.807) is 12.1 Å². The monoisotopic (exact) mass is 212 g/mol. The number of aryl methyl sites for hydroxylation is 1. The molecule has 1 atom stereocenters. The molecule has 0 saturated heterocycles. The minimum atomic E-state index is -1.19. The van der Waals surface area contributed by atoms with Gasteiger partial charge in [0.25, 0.3) is 0 Å². The number of hydrogen-bond acceptors (Lipinski definition) is 2. The van der Waals surface area contributed by atoms with Gasteiger partial charge in [0.2, 0.25) is 0 Å². The van der Waals surface area contributed by atoms with Gasteiger partial charge in [0, 0.05) is 10.6 Å². The molecule has 0 radical (unpaired) electrons. The SMILES string of the molecule is Cc1ccc([S@](=O)CCC(=O)O)cc1. The lowest BCUT2D eigenvalue weighted by atomic mass is 10.2. The molecular weight excluding hydrogens is 200 g/mol. The van der Waals surface area contributed by atoms with Gasteiger partial charge in [-0.2, -0.15) is 0 Å². The number of carboxylic acids is 1. The fourth-order valence-corrected chi connectivity index (χ4v) is 2.02. The summed E-state index contributed by atoms with van der Waals surface area (Å²) >= 11 is 0. The number of carboxylic acid groups (broad SMARTS) is 1. The van der Waals surface area contributed by atoms with Gasteiger partial charge >= 0.3 is 5.97 Å². The van der Waals surface area contributed by atoms with Crippen LogP contribution >= 0.6 is 0 Å². The number of hydrogen-bond donors (Lipinski definition) is 1. The highest BCUT2D eigenvalue weighted by atomic mass is 32.2. The molecule has 0 aliphatic carbocycles. The average molecular weight is 212 g/mol. The van der Waals surface area contributed by atoms with Crippen molar-refractivity contribution < 1.29 is 14.1 Å². The molecule has 0 bridgehead atoms. The summed E-state index contributed by atoms with van der Waals surface area (Å²) in [5.41, 5.74) is 1.10. The first-order valence-corrected chi connectivity index (χ1v) is 5.58. The zero-order valence-electron chi connectivity index (χ0n) is 7.90. The number of carbonyl (C=O) groups is 1. The van der Waals surface area contributed by atoms with Crippen LogP contribution in [0.5, 0.6) is 0 Å². The van der Waals surface area contributed by atoms with Gasteiger partial charge in [0.05, 0.1) is 17.2 Å². The third-order valence-corrected chi connectivity index (χ3v) is 3.16. The van der Waals surface area contributed by atoms with Crippen LogP contribution in [0.1, 0.15) is 12.0 Å². The van der Waals surface area contributed by atoms with Crippen LogP contribution in [0.4, 0.5) is 0 Å². The molecule has 1 aromatic carbocycles. The van der Waals surface area contributed by atoms with Gasteiger partial charge in [-0.1, -0.05) is 17.7 Å². The third kappa shape index (κ3) is 3.30. The summed E-state index contributed by atoms with van der Waals surface area (Å²) in [7, 11) is -1.19. The molecule has 4 heteroatoms. The number of benzene rings is 1. The molecule has 0 amide bonds. The second-order valence-corrected chi connectivity index (χ2v) is 4.58. The molecule has 3 nitrogen and oxygen atoms in total. The molecule has 0 fully saturated rings. The average Bonchev–Trinajstić information content (AvgIpc) is 2.15. The van der Waals surface area contributed by atoms with Crippen molar-refractivity contribution in [2.24, 2.45) is 0 Å². The zero-order valence-corrected chi connectivity index (χ0v) is 8.71. The molecule has 0 aromatic heterocycles. The second-order valence-electron chi connectivity index (χ2n) is 3.01. The Bertz CT molecular complexity index is 343. The first kappa shape index (κ1) is 10.9. The summed E-state index contributed by atoms with van der Waals surface area (Å²) in [4.78, 5) is 10.9. The van der Waals surface area contributed by atoms with Crippen LogP contribution in [0.2, 0.25) is 0 Å². The molecule has 0 unspecified atom stereocenters. The van der Waals surface area contributed by atoms with Crippen LogP contribution in [0.25, 0.3) is 0 Å². The van der Waals surface area contributed by atoms with E-state index in [9.17, 15) is 9.00 Å².